The molecule has 0 saturated carbocycles. The lowest BCUT2D eigenvalue weighted by molar-refractivity contribution is -0.149. The molecule has 3 rings (SSSR count). The molecule has 290 valence electrons. The zero-order valence-corrected chi connectivity index (χ0v) is 32.6. The highest BCUT2D eigenvalue weighted by atomic mass is 16.5. The number of nitrogens with zero attached hydrogens (tertiary/aromatic N) is 2. The van der Waals surface area contributed by atoms with Crippen LogP contribution in [-0.4, -0.2) is 109 Å². The second-order valence-electron chi connectivity index (χ2n) is 15.2. The van der Waals surface area contributed by atoms with Crippen molar-refractivity contribution in [3.63, 3.8) is 0 Å². The summed E-state index contributed by atoms with van der Waals surface area (Å²) >= 11 is 0. The number of Topliss-reactive ketones (excluding diaryl/α,β-unsaturated/α-hetero) is 1. The largest absolute Gasteiger partial charge is 0.477 e. The van der Waals surface area contributed by atoms with E-state index in [1.54, 1.807) is 55.1 Å². The van der Waals surface area contributed by atoms with Gasteiger partial charge in [0.25, 0.3) is 0 Å². The first-order chi connectivity index (χ1) is 24.6. The van der Waals surface area contributed by atoms with Gasteiger partial charge in [0.15, 0.2) is 5.78 Å². The molecule has 1 aromatic carbocycles. The Morgan fingerprint density at radius 3 is 2.27 bits per heavy atom. The van der Waals surface area contributed by atoms with Crippen LogP contribution in [0, 0.1) is 23.7 Å². The molecule has 3 N–H and O–H groups in total. The fourth-order valence-electron chi connectivity index (χ4n) is 7.85. The van der Waals surface area contributed by atoms with Crippen molar-refractivity contribution in [1.29, 1.82) is 0 Å². The molecule has 1 aromatic rings. The topological polar surface area (TPSA) is 155 Å². The number of benzene rings is 1. The molecule has 0 aliphatic carbocycles. The molecule has 0 bridgehead atoms. The lowest BCUT2D eigenvalue weighted by Crippen LogP contribution is -2.54. The molecule has 12 heteroatoms. The van der Waals surface area contributed by atoms with Gasteiger partial charge in [0.2, 0.25) is 17.7 Å². The highest BCUT2D eigenvalue weighted by molar-refractivity contribution is 5.97. The van der Waals surface area contributed by atoms with Crippen LogP contribution in [0.1, 0.15) is 92.1 Å². The maximum atomic E-state index is 14.2. The lowest BCUT2D eigenvalue weighted by Gasteiger charge is -2.41. The molecule has 2 heterocycles. The van der Waals surface area contributed by atoms with Gasteiger partial charge in [-0.1, -0.05) is 71.4 Å². The number of carboxylic acids is 1. The second kappa shape index (κ2) is 19.5. The van der Waals surface area contributed by atoms with E-state index in [1.807, 2.05) is 40.7 Å². The summed E-state index contributed by atoms with van der Waals surface area (Å²) in [5.74, 6) is -3.44. The molecule has 2 fully saturated rings. The molecule has 2 aliphatic heterocycles. The van der Waals surface area contributed by atoms with Crippen LogP contribution >= 0.6 is 0 Å². The number of carbonyl (C=O) groups excluding carboxylic acids is 4. The van der Waals surface area contributed by atoms with Crippen molar-refractivity contribution < 1.29 is 38.6 Å². The number of likely N-dealkylation sites (tertiary alicyclic amines) is 1. The van der Waals surface area contributed by atoms with E-state index in [0.717, 1.165) is 25.8 Å². The average Bonchev–Trinajstić information content (AvgIpc) is 3.80. The van der Waals surface area contributed by atoms with E-state index in [4.69, 9.17) is 9.47 Å². The number of ketones is 1. The molecule has 52 heavy (non-hydrogen) atoms. The molecule has 2 saturated heterocycles. The standard InChI is InChI=1S/C40H62N4O8/c1-10-26(4)35(43(7)38(48)29(25(2)3)23-33(45)40(6)19-15-20-41-40)32(51-8)24-34(46)44-21-14-18-31(44)36(52-9)27(5)37(47)42-30(39(49)50)22-28-16-12-11-13-17-28/h11-13,16-17,22,25-27,29,31-32,35-36,41H,10,14-15,18-21,23-24H2,1-9H3,(H,42,47)(H,49,50)/b30-22+/t26-,27+,29-,31-,32+,35-,36+,40-/m0/s1. The third-order valence-electron chi connectivity index (χ3n) is 11.4. The maximum Gasteiger partial charge on any atom is 0.352 e. The Bertz CT molecular complexity index is 1410. The van der Waals surface area contributed by atoms with Gasteiger partial charge < -0.3 is 35.0 Å². The van der Waals surface area contributed by atoms with Crippen LogP contribution in [0.5, 0.6) is 0 Å². The molecule has 0 spiro atoms. The van der Waals surface area contributed by atoms with Crippen molar-refractivity contribution in [1.82, 2.24) is 20.4 Å². The number of methoxy groups -OCH3 is 2. The van der Waals surface area contributed by atoms with Crippen LogP contribution in [0.2, 0.25) is 0 Å². The highest BCUT2D eigenvalue weighted by Crippen LogP contribution is 2.32. The molecule has 0 aromatic heterocycles. The highest BCUT2D eigenvalue weighted by Gasteiger charge is 2.44. The van der Waals surface area contributed by atoms with Gasteiger partial charge >= 0.3 is 5.97 Å². The third-order valence-corrected chi connectivity index (χ3v) is 11.4. The first kappa shape index (κ1) is 42.8. The zero-order chi connectivity index (χ0) is 38.7. The van der Waals surface area contributed by atoms with E-state index in [2.05, 4.69) is 10.6 Å². The Hall–Kier alpha value is -3.61. The van der Waals surface area contributed by atoms with Crippen LogP contribution in [0.3, 0.4) is 0 Å². The number of nitrogens with one attached hydrogen (secondary N) is 2. The summed E-state index contributed by atoms with van der Waals surface area (Å²) in [4.78, 5) is 70.7. The van der Waals surface area contributed by atoms with Gasteiger partial charge in [-0.25, -0.2) is 4.79 Å². The van der Waals surface area contributed by atoms with Crippen molar-refractivity contribution in [3.8, 4) is 0 Å². The van der Waals surface area contributed by atoms with Gasteiger partial charge in [0.05, 0.1) is 42.2 Å². The number of hydrogen-bond acceptors (Lipinski definition) is 8. The Kier molecular flexibility index (Phi) is 16.0. The molecule has 0 unspecified atom stereocenters. The molecule has 8 atom stereocenters. The number of rotatable bonds is 19. The molecule has 12 nitrogen and oxygen atoms in total. The van der Waals surface area contributed by atoms with Gasteiger partial charge in [0, 0.05) is 40.2 Å². The van der Waals surface area contributed by atoms with Crippen molar-refractivity contribution in [2.24, 2.45) is 23.7 Å². The summed E-state index contributed by atoms with van der Waals surface area (Å²) in [6, 6.07) is 7.99. The zero-order valence-electron chi connectivity index (χ0n) is 32.6. The van der Waals surface area contributed by atoms with E-state index >= 15 is 0 Å². The van der Waals surface area contributed by atoms with E-state index in [0.29, 0.717) is 24.9 Å². The van der Waals surface area contributed by atoms with Crippen molar-refractivity contribution in [2.75, 3.05) is 34.4 Å². The summed E-state index contributed by atoms with van der Waals surface area (Å²) < 4.78 is 11.9. The Labute approximate surface area is 310 Å². The number of carbonyl (C=O) groups is 5. The third kappa shape index (κ3) is 10.5. The number of likely N-dealkylation sites (N-methyl/N-ethyl adjacent to an activating group) is 1. The number of ether oxygens (including phenoxy) is 2. The van der Waals surface area contributed by atoms with E-state index in [9.17, 15) is 29.1 Å². The normalized spacial score (nSPS) is 22.7. The van der Waals surface area contributed by atoms with Crippen molar-refractivity contribution in [2.45, 2.75) is 116 Å². The van der Waals surface area contributed by atoms with Crippen LogP contribution in [-0.2, 0) is 33.4 Å². The quantitative estimate of drug-likeness (QED) is 0.175. The second-order valence-corrected chi connectivity index (χ2v) is 15.2. The monoisotopic (exact) mass is 726 g/mol. The average molecular weight is 727 g/mol. The summed E-state index contributed by atoms with van der Waals surface area (Å²) in [5.41, 5.74) is -0.252. The van der Waals surface area contributed by atoms with Gasteiger partial charge in [0.1, 0.15) is 5.70 Å². The van der Waals surface area contributed by atoms with Crippen molar-refractivity contribution in [3.05, 3.63) is 41.6 Å². The Morgan fingerprint density at radius 1 is 1.06 bits per heavy atom. The van der Waals surface area contributed by atoms with Gasteiger partial charge in [-0.3, -0.25) is 19.2 Å². The van der Waals surface area contributed by atoms with E-state index in [-0.39, 0.29) is 48.0 Å². The Morgan fingerprint density at radius 2 is 1.73 bits per heavy atom. The summed E-state index contributed by atoms with van der Waals surface area (Å²) in [7, 11) is 4.79. The predicted octanol–water partition coefficient (Wildman–Crippen LogP) is 4.52. The lowest BCUT2D eigenvalue weighted by atomic mass is 9.82. The minimum atomic E-state index is -1.27. The van der Waals surface area contributed by atoms with Crippen LogP contribution in [0.25, 0.3) is 6.08 Å². The minimum absolute atomic E-state index is 0.00683. The number of hydrogen-bond donors (Lipinski definition) is 3. The van der Waals surface area contributed by atoms with E-state index < -0.39 is 53.5 Å². The summed E-state index contributed by atoms with van der Waals surface area (Å²) in [6.45, 7) is 12.9. The fourth-order valence-corrected chi connectivity index (χ4v) is 7.85. The first-order valence-corrected chi connectivity index (χ1v) is 18.8. The van der Waals surface area contributed by atoms with Gasteiger partial charge in [-0.15, -0.1) is 0 Å². The SMILES string of the molecule is CC[C@H](C)[C@@H]([C@@H](CC(=O)N1CCC[C@H]1[C@H](OC)[C@@H](C)C(=O)N/C(=C/c1ccccc1)C(=O)O)OC)N(C)C(=O)[C@@H](CC(=O)[C@]1(C)CCCN1)C(C)C. The molecular formula is C40H62N4O8. The minimum Gasteiger partial charge on any atom is -0.477 e. The molecule has 2 aliphatic rings. The number of amides is 3. The smallest absolute Gasteiger partial charge is 0.352 e. The van der Waals surface area contributed by atoms with Crippen LogP contribution < -0.4 is 10.6 Å². The van der Waals surface area contributed by atoms with Crippen molar-refractivity contribution >= 4 is 35.6 Å². The predicted molar refractivity (Wildman–Crippen MR) is 200 cm³/mol. The fraction of sp³-hybridized carbons (Fsp3) is 0.675. The maximum absolute atomic E-state index is 14.2. The molecular weight excluding hydrogens is 664 g/mol. The van der Waals surface area contributed by atoms with E-state index in [1.165, 1.54) is 13.2 Å². The van der Waals surface area contributed by atoms with Gasteiger partial charge in [-0.05, 0) is 62.6 Å². The Balaban J connectivity index is 1.78. The number of aliphatic carboxylic acids is 1. The van der Waals surface area contributed by atoms with Crippen LogP contribution in [0.15, 0.2) is 36.0 Å². The first-order valence-electron chi connectivity index (χ1n) is 18.8. The van der Waals surface area contributed by atoms with Gasteiger partial charge in [-0.2, -0.15) is 0 Å². The van der Waals surface area contributed by atoms with Crippen LogP contribution in [0.4, 0.5) is 0 Å². The molecule has 0 radical (unpaired) electrons. The summed E-state index contributed by atoms with van der Waals surface area (Å²) in [6.07, 6.45) is 3.96. The molecule has 3 amide bonds. The summed E-state index contributed by atoms with van der Waals surface area (Å²) in [5, 5.41) is 15.7. The number of carboxylic acid groups (broad SMARTS) is 1.